The SMILES string of the molecule is Cc1sc2ccc(/C=C/c3cccc([C@@H](CCc4ccccc4C(C)(C)O)SCC4(CC(=O)O)CC4)c3)nc2c1C. The van der Waals surface area contributed by atoms with Crippen LogP contribution in [0.25, 0.3) is 22.4 Å². The Morgan fingerprint density at radius 2 is 1.88 bits per heavy atom. The number of carboxylic acid groups (broad SMARTS) is 1. The lowest BCUT2D eigenvalue weighted by Crippen LogP contribution is -2.18. The first-order valence-electron chi connectivity index (χ1n) is 14.3. The van der Waals surface area contributed by atoms with E-state index in [0.29, 0.717) is 0 Å². The minimum Gasteiger partial charge on any atom is -0.481 e. The van der Waals surface area contributed by atoms with Crippen LogP contribution in [0.15, 0.2) is 60.7 Å². The van der Waals surface area contributed by atoms with Gasteiger partial charge in [-0.05, 0) is 105 Å². The minimum absolute atomic E-state index is 0.0697. The molecular formula is C35H39NO3S2. The molecule has 0 bridgehead atoms. The number of aliphatic hydroxyl groups is 1. The molecule has 5 rings (SSSR count). The molecule has 6 heteroatoms. The predicted octanol–water partition coefficient (Wildman–Crippen LogP) is 8.97. The molecule has 214 valence electrons. The molecule has 0 radical (unpaired) electrons. The largest absolute Gasteiger partial charge is 0.481 e. The lowest BCUT2D eigenvalue weighted by Gasteiger charge is -2.24. The Labute approximate surface area is 251 Å². The summed E-state index contributed by atoms with van der Waals surface area (Å²) in [6, 6.07) is 21.1. The molecule has 0 saturated heterocycles. The van der Waals surface area contributed by atoms with Crippen molar-refractivity contribution in [3.8, 4) is 0 Å². The van der Waals surface area contributed by atoms with E-state index < -0.39 is 11.6 Å². The predicted molar refractivity (Wildman–Crippen MR) is 174 cm³/mol. The molecule has 2 heterocycles. The van der Waals surface area contributed by atoms with Crippen LogP contribution in [0, 0.1) is 19.3 Å². The molecule has 2 N–H and O–H groups in total. The second-order valence-electron chi connectivity index (χ2n) is 12.0. The van der Waals surface area contributed by atoms with Gasteiger partial charge in [0.25, 0.3) is 0 Å². The Balaban J connectivity index is 1.38. The molecule has 0 amide bonds. The van der Waals surface area contributed by atoms with Crippen molar-refractivity contribution in [3.63, 3.8) is 0 Å². The normalized spacial score (nSPS) is 15.4. The summed E-state index contributed by atoms with van der Waals surface area (Å²) in [5, 5.41) is 20.4. The van der Waals surface area contributed by atoms with Crippen LogP contribution in [0.2, 0.25) is 0 Å². The molecule has 4 aromatic rings. The number of hydrogen-bond donors (Lipinski definition) is 2. The van der Waals surface area contributed by atoms with E-state index in [2.05, 4.69) is 68.5 Å². The Morgan fingerprint density at radius 3 is 2.61 bits per heavy atom. The van der Waals surface area contributed by atoms with Gasteiger partial charge < -0.3 is 10.2 Å². The highest BCUT2D eigenvalue weighted by Crippen LogP contribution is 2.53. The summed E-state index contributed by atoms with van der Waals surface area (Å²) >= 11 is 3.68. The van der Waals surface area contributed by atoms with E-state index >= 15 is 0 Å². The van der Waals surface area contributed by atoms with Crippen LogP contribution in [-0.2, 0) is 16.8 Å². The van der Waals surface area contributed by atoms with Crippen molar-refractivity contribution in [1.82, 2.24) is 4.98 Å². The number of thioether (sulfide) groups is 1. The number of pyridine rings is 1. The van der Waals surface area contributed by atoms with Gasteiger partial charge in [0.15, 0.2) is 0 Å². The van der Waals surface area contributed by atoms with Gasteiger partial charge in [-0.25, -0.2) is 4.98 Å². The van der Waals surface area contributed by atoms with E-state index in [-0.39, 0.29) is 17.1 Å². The highest BCUT2D eigenvalue weighted by molar-refractivity contribution is 7.99. The molecule has 1 atom stereocenters. The van der Waals surface area contributed by atoms with Gasteiger partial charge in [-0.1, -0.05) is 54.6 Å². The van der Waals surface area contributed by atoms with Gasteiger partial charge in [0.05, 0.1) is 27.9 Å². The summed E-state index contributed by atoms with van der Waals surface area (Å²) in [4.78, 5) is 17.7. The van der Waals surface area contributed by atoms with E-state index in [1.807, 2.05) is 43.8 Å². The molecule has 1 fully saturated rings. The number of aromatic nitrogens is 1. The van der Waals surface area contributed by atoms with Crippen LogP contribution in [0.5, 0.6) is 0 Å². The van der Waals surface area contributed by atoms with Gasteiger partial charge in [0, 0.05) is 15.9 Å². The molecule has 2 aromatic carbocycles. The number of fused-ring (bicyclic) bond motifs is 1. The van der Waals surface area contributed by atoms with Crippen molar-refractivity contribution in [2.45, 2.75) is 70.7 Å². The quantitative estimate of drug-likeness (QED) is 0.174. The summed E-state index contributed by atoms with van der Waals surface area (Å²) < 4.78 is 1.22. The second kappa shape index (κ2) is 12.1. The summed E-state index contributed by atoms with van der Waals surface area (Å²) in [5.41, 5.74) is 6.81. The van der Waals surface area contributed by atoms with E-state index in [1.54, 1.807) is 11.3 Å². The number of aryl methyl sites for hydroxylation is 3. The molecule has 1 aliphatic rings. The van der Waals surface area contributed by atoms with Crippen LogP contribution in [-0.4, -0.2) is 26.9 Å². The van der Waals surface area contributed by atoms with Crippen molar-refractivity contribution in [1.29, 1.82) is 0 Å². The zero-order chi connectivity index (χ0) is 29.2. The van der Waals surface area contributed by atoms with Crippen molar-refractivity contribution < 1.29 is 15.0 Å². The molecular weight excluding hydrogens is 547 g/mol. The Bertz CT molecular complexity index is 1580. The number of hydrogen-bond acceptors (Lipinski definition) is 5. The van der Waals surface area contributed by atoms with Crippen molar-refractivity contribution in [2.75, 3.05) is 5.75 Å². The fourth-order valence-corrected chi connectivity index (χ4v) is 8.05. The average Bonchev–Trinajstić information content (AvgIpc) is 3.63. The maximum absolute atomic E-state index is 11.5. The number of carboxylic acids is 1. The molecule has 2 aromatic heterocycles. The third-order valence-electron chi connectivity index (χ3n) is 8.18. The first-order valence-corrected chi connectivity index (χ1v) is 16.2. The third-order valence-corrected chi connectivity index (χ3v) is 11.0. The zero-order valence-electron chi connectivity index (χ0n) is 24.3. The van der Waals surface area contributed by atoms with Crippen LogP contribution in [0.1, 0.15) is 83.2 Å². The molecule has 0 spiro atoms. The standard InChI is InChI=1S/C35H39NO3S2/c1-23-24(2)41-31-17-15-28(36-33(23)31)14-12-25-8-7-10-27(20-25)30(40-22-35(18-19-35)21-32(37)38)16-13-26-9-5-6-11-29(26)34(3,4)39/h5-12,14-15,17,20,30,39H,13,16,18-19,21-22H2,1-4H3,(H,37,38)/b14-12+/t30-/m1/s1. The van der Waals surface area contributed by atoms with Gasteiger partial charge in [0.1, 0.15) is 0 Å². The van der Waals surface area contributed by atoms with E-state index in [1.165, 1.54) is 20.7 Å². The van der Waals surface area contributed by atoms with Crippen LogP contribution < -0.4 is 0 Å². The van der Waals surface area contributed by atoms with E-state index in [9.17, 15) is 15.0 Å². The average molecular weight is 586 g/mol. The first kappa shape index (κ1) is 29.6. The van der Waals surface area contributed by atoms with Gasteiger partial charge in [-0.15, -0.1) is 11.3 Å². The summed E-state index contributed by atoms with van der Waals surface area (Å²) in [5.74, 6) is 0.144. The van der Waals surface area contributed by atoms with Crippen LogP contribution >= 0.6 is 23.1 Å². The lowest BCUT2D eigenvalue weighted by atomic mass is 9.90. The number of carbonyl (C=O) groups is 1. The van der Waals surface area contributed by atoms with Crippen molar-refractivity contribution in [3.05, 3.63) is 99.1 Å². The van der Waals surface area contributed by atoms with Crippen molar-refractivity contribution in [2.24, 2.45) is 5.41 Å². The summed E-state index contributed by atoms with van der Waals surface area (Å²) in [6.07, 6.45) is 8.19. The summed E-state index contributed by atoms with van der Waals surface area (Å²) in [6.45, 7) is 7.96. The molecule has 1 saturated carbocycles. The molecule has 41 heavy (non-hydrogen) atoms. The Kier molecular flexibility index (Phi) is 8.74. The van der Waals surface area contributed by atoms with Gasteiger partial charge in [-0.3, -0.25) is 4.79 Å². The highest BCUT2D eigenvalue weighted by atomic mass is 32.2. The fraction of sp³-hybridized carbons (Fsp3) is 0.371. The van der Waals surface area contributed by atoms with E-state index in [4.69, 9.17) is 4.98 Å². The molecule has 4 nitrogen and oxygen atoms in total. The number of aliphatic carboxylic acids is 1. The lowest BCUT2D eigenvalue weighted by molar-refractivity contribution is -0.138. The van der Waals surface area contributed by atoms with E-state index in [0.717, 1.165) is 59.3 Å². The number of nitrogens with zero attached hydrogens (tertiary/aromatic N) is 1. The first-order chi connectivity index (χ1) is 19.5. The van der Waals surface area contributed by atoms with Crippen LogP contribution in [0.3, 0.4) is 0 Å². The topological polar surface area (TPSA) is 70.4 Å². The van der Waals surface area contributed by atoms with Gasteiger partial charge in [-0.2, -0.15) is 11.8 Å². The fourth-order valence-electron chi connectivity index (χ4n) is 5.47. The monoisotopic (exact) mass is 585 g/mol. The number of rotatable bonds is 12. The minimum atomic E-state index is -0.902. The summed E-state index contributed by atoms with van der Waals surface area (Å²) in [7, 11) is 0. The Morgan fingerprint density at radius 1 is 1.10 bits per heavy atom. The zero-order valence-corrected chi connectivity index (χ0v) is 25.9. The highest BCUT2D eigenvalue weighted by Gasteiger charge is 2.44. The van der Waals surface area contributed by atoms with Crippen LogP contribution in [0.4, 0.5) is 0 Å². The maximum atomic E-state index is 11.5. The smallest absolute Gasteiger partial charge is 0.303 e. The van der Waals surface area contributed by atoms with Gasteiger partial charge >= 0.3 is 5.97 Å². The molecule has 1 aliphatic carbocycles. The Hall–Kier alpha value is -2.93. The third kappa shape index (κ3) is 7.29. The number of thiophene rings is 1. The molecule has 0 unspecified atom stereocenters. The van der Waals surface area contributed by atoms with Gasteiger partial charge in [0.2, 0.25) is 0 Å². The molecule has 0 aliphatic heterocycles. The maximum Gasteiger partial charge on any atom is 0.303 e. The van der Waals surface area contributed by atoms with Crippen molar-refractivity contribution >= 4 is 51.4 Å². The number of benzene rings is 2. The second-order valence-corrected chi connectivity index (χ2v) is 14.4.